The van der Waals surface area contributed by atoms with Gasteiger partial charge in [0.05, 0.1) is 11.4 Å². The maximum absolute atomic E-state index is 6.26. The second-order valence-electron chi connectivity index (χ2n) is 20.0. The lowest BCUT2D eigenvalue weighted by atomic mass is 9.91. The van der Waals surface area contributed by atoms with E-state index in [1.165, 1.54) is 80.8 Å². The molecule has 0 atom stereocenters. The Hall–Kier alpha value is -10.0. The summed E-state index contributed by atoms with van der Waals surface area (Å²) < 4.78 is 8.82. The topological polar surface area (TPSA) is 19.6 Å². The second-order valence-corrected chi connectivity index (χ2v) is 21.1. The summed E-state index contributed by atoms with van der Waals surface area (Å²) in [6, 6.07) is 106. The van der Waals surface area contributed by atoms with Crippen LogP contribution in [0, 0.1) is 0 Å². The van der Waals surface area contributed by atoms with Crippen molar-refractivity contribution in [3.63, 3.8) is 0 Å². The van der Waals surface area contributed by atoms with E-state index in [2.05, 4.69) is 289 Å². The third kappa shape index (κ3) is 7.89. The molecule has 0 amide bonds. The highest BCUT2D eigenvalue weighted by molar-refractivity contribution is 7.26. The molecule has 3 nitrogen and oxygen atoms in total. The van der Waals surface area contributed by atoms with Gasteiger partial charge < -0.3 is 14.2 Å². The number of furan rings is 1. The summed E-state index contributed by atoms with van der Waals surface area (Å²) in [7, 11) is 0. The first-order valence-corrected chi connectivity index (χ1v) is 27.4. The van der Waals surface area contributed by atoms with Gasteiger partial charge in [0, 0.05) is 59.1 Å². The minimum Gasteiger partial charge on any atom is -0.456 e. The average molecular weight is 1010 g/mol. The van der Waals surface area contributed by atoms with E-state index in [9.17, 15) is 0 Å². The maximum atomic E-state index is 6.26. The van der Waals surface area contributed by atoms with E-state index in [1.54, 1.807) is 0 Å². The van der Waals surface area contributed by atoms with Gasteiger partial charge in [-0.1, -0.05) is 194 Å². The van der Waals surface area contributed by atoms with Crippen LogP contribution < -0.4 is 9.80 Å². The Labute approximate surface area is 456 Å². The maximum Gasteiger partial charge on any atom is 0.135 e. The molecule has 0 radical (unpaired) electrons. The number of rotatable bonds is 10. The molecule has 13 aromatic carbocycles. The molecule has 15 rings (SSSR count). The van der Waals surface area contributed by atoms with Crippen molar-refractivity contribution in [3.05, 3.63) is 291 Å². The summed E-state index contributed by atoms with van der Waals surface area (Å²) in [4.78, 5) is 4.77. The van der Waals surface area contributed by atoms with E-state index < -0.39 is 0 Å². The number of hydrogen-bond acceptors (Lipinski definition) is 4. The first-order valence-electron chi connectivity index (χ1n) is 26.6. The SMILES string of the molecule is c1ccc(N(c2ccc(-c3cccc(-c4ccc(-c5ccc6c(c5)sc5cccc(N(c7ccccc7)c7ccccc7)c56)cc4)c3)cc2)c2ccc(-c3ccc4oc5ccccc5c4c3)c3c2ccc2ccccc23)cc1. The molecule has 0 fully saturated rings. The van der Waals surface area contributed by atoms with E-state index in [1.807, 2.05) is 23.5 Å². The average Bonchev–Trinajstić information content (AvgIpc) is 4.16. The van der Waals surface area contributed by atoms with Gasteiger partial charge in [-0.2, -0.15) is 0 Å². The number of hydrogen-bond donors (Lipinski definition) is 0. The molecule has 2 heterocycles. The summed E-state index contributed by atoms with van der Waals surface area (Å²) in [5, 5.41) is 9.63. The van der Waals surface area contributed by atoms with Gasteiger partial charge in [0.1, 0.15) is 11.2 Å². The van der Waals surface area contributed by atoms with Crippen LogP contribution in [0.4, 0.5) is 34.1 Å². The van der Waals surface area contributed by atoms with Gasteiger partial charge in [-0.05, 0) is 158 Å². The minimum atomic E-state index is 0.897. The number of thiophene rings is 1. The predicted octanol–water partition coefficient (Wildman–Crippen LogP) is 21.9. The van der Waals surface area contributed by atoms with E-state index in [4.69, 9.17) is 4.42 Å². The van der Waals surface area contributed by atoms with E-state index in [0.717, 1.165) is 61.5 Å². The molecule has 0 N–H and O–H groups in total. The third-order valence-corrected chi connectivity index (χ3v) is 16.6. The Morgan fingerprint density at radius 3 is 1.47 bits per heavy atom. The quantitative estimate of drug-likeness (QED) is 0.127. The first kappa shape index (κ1) is 45.4. The molecule has 0 unspecified atom stereocenters. The molecule has 0 saturated carbocycles. The van der Waals surface area contributed by atoms with Crippen molar-refractivity contribution in [3.8, 4) is 44.5 Å². The van der Waals surface area contributed by atoms with E-state index in [-0.39, 0.29) is 0 Å². The molecule has 0 spiro atoms. The second kappa shape index (κ2) is 19.0. The van der Waals surface area contributed by atoms with Crippen LogP contribution in [0.15, 0.2) is 296 Å². The van der Waals surface area contributed by atoms with Crippen molar-refractivity contribution in [2.45, 2.75) is 0 Å². The van der Waals surface area contributed by atoms with Crippen LogP contribution in [-0.2, 0) is 0 Å². The largest absolute Gasteiger partial charge is 0.456 e. The smallest absolute Gasteiger partial charge is 0.135 e. The Balaban J connectivity index is 0.746. The number of para-hydroxylation sites is 4. The van der Waals surface area contributed by atoms with Crippen LogP contribution in [0.1, 0.15) is 0 Å². The predicted molar refractivity (Wildman–Crippen MR) is 333 cm³/mol. The number of nitrogens with zero attached hydrogens (tertiary/aromatic N) is 2. The molecule has 0 saturated heterocycles. The monoisotopic (exact) mass is 1010 g/mol. The molecular formula is C74H48N2OS. The van der Waals surface area contributed by atoms with Gasteiger partial charge in [-0.25, -0.2) is 0 Å². The summed E-state index contributed by atoms with van der Waals surface area (Å²) in [5.74, 6) is 0. The van der Waals surface area contributed by atoms with E-state index >= 15 is 0 Å². The normalized spacial score (nSPS) is 11.6. The molecule has 2 aromatic heterocycles. The molecule has 366 valence electrons. The highest BCUT2D eigenvalue weighted by atomic mass is 32.1. The van der Waals surface area contributed by atoms with Crippen LogP contribution in [0.2, 0.25) is 0 Å². The molecule has 78 heavy (non-hydrogen) atoms. The zero-order chi connectivity index (χ0) is 51.5. The zero-order valence-corrected chi connectivity index (χ0v) is 43.2. The van der Waals surface area contributed by atoms with Crippen molar-refractivity contribution >= 4 is 109 Å². The Morgan fingerprint density at radius 2 is 0.782 bits per heavy atom. The molecule has 0 aliphatic carbocycles. The molecule has 0 aliphatic heterocycles. The first-order chi connectivity index (χ1) is 38.7. The highest BCUT2D eigenvalue weighted by Gasteiger charge is 2.22. The fourth-order valence-corrected chi connectivity index (χ4v) is 12.9. The lowest BCUT2D eigenvalue weighted by molar-refractivity contribution is 0.669. The number of fused-ring (bicyclic) bond motifs is 9. The summed E-state index contributed by atoms with van der Waals surface area (Å²) >= 11 is 1.86. The summed E-state index contributed by atoms with van der Waals surface area (Å²) in [5.41, 5.74) is 18.0. The summed E-state index contributed by atoms with van der Waals surface area (Å²) in [6.45, 7) is 0. The van der Waals surface area contributed by atoms with Crippen LogP contribution >= 0.6 is 11.3 Å². The van der Waals surface area contributed by atoms with Crippen molar-refractivity contribution in [2.24, 2.45) is 0 Å². The lowest BCUT2D eigenvalue weighted by Crippen LogP contribution is -2.10. The molecule has 4 heteroatoms. The molecule has 0 bridgehead atoms. The molecule has 0 aliphatic rings. The van der Waals surface area contributed by atoms with Gasteiger partial charge in [-0.3, -0.25) is 0 Å². The van der Waals surface area contributed by atoms with E-state index in [0.29, 0.717) is 0 Å². The van der Waals surface area contributed by atoms with Gasteiger partial charge in [0.25, 0.3) is 0 Å². The Kier molecular flexibility index (Phi) is 11.0. The summed E-state index contributed by atoms with van der Waals surface area (Å²) in [6.07, 6.45) is 0. The third-order valence-electron chi connectivity index (χ3n) is 15.4. The minimum absolute atomic E-state index is 0.897. The number of benzene rings is 13. The van der Waals surface area contributed by atoms with Crippen LogP contribution in [0.3, 0.4) is 0 Å². The highest BCUT2D eigenvalue weighted by Crippen LogP contribution is 2.48. The van der Waals surface area contributed by atoms with Gasteiger partial charge in [-0.15, -0.1) is 11.3 Å². The van der Waals surface area contributed by atoms with Crippen LogP contribution in [0.25, 0.3) is 108 Å². The van der Waals surface area contributed by atoms with Gasteiger partial charge >= 0.3 is 0 Å². The zero-order valence-electron chi connectivity index (χ0n) is 42.4. The fourth-order valence-electron chi connectivity index (χ4n) is 11.7. The fraction of sp³-hybridized carbons (Fsp3) is 0. The van der Waals surface area contributed by atoms with Gasteiger partial charge in [0.2, 0.25) is 0 Å². The number of anilines is 6. The van der Waals surface area contributed by atoms with Crippen molar-refractivity contribution in [1.29, 1.82) is 0 Å². The van der Waals surface area contributed by atoms with Crippen molar-refractivity contribution < 1.29 is 4.42 Å². The molecular weight excluding hydrogens is 965 g/mol. The lowest BCUT2D eigenvalue weighted by Gasteiger charge is -2.28. The van der Waals surface area contributed by atoms with Gasteiger partial charge in [0.15, 0.2) is 0 Å². The Bertz CT molecular complexity index is 4680. The van der Waals surface area contributed by atoms with Crippen molar-refractivity contribution in [1.82, 2.24) is 0 Å². The standard InChI is InChI=1S/C74H48N2OS/c1-4-19-57(20-5-1)75(67-44-43-62(73-61-25-11-10-16-52(61)36-41-64(67)73)56-38-45-70-66(47-56)63-26-12-13-28-69(63)77-70)60-39-34-51(35-40-60)54-18-14-17-53(46-54)49-30-32-50(33-31-49)55-37-42-65-72(48-55)78-71-29-15-27-68(74(65)71)76(58-21-6-2-7-22-58)59-23-8-3-9-24-59/h1-48H. The molecule has 15 aromatic rings. The Morgan fingerprint density at radius 1 is 0.256 bits per heavy atom. The van der Waals surface area contributed by atoms with Crippen LogP contribution in [-0.4, -0.2) is 0 Å². The van der Waals surface area contributed by atoms with Crippen LogP contribution in [0.5, 0.6) is 0 Å². The van der Waals surface area contributed by atoms with Crippen molar-refractivity contribution in [2.75, 3.05) is 9.80 Å².